The summed E-state index contributed by atoms with van der Waals surface area (Å²) in [4.78, 5) is 14.8. The van der Waals surface area contributed by atoms with E-state index in [1.54, 1.807) is 23.8 Å². The summed E-state index contributed by atoms with van der Waals surface area (Å²) in [5, 5.41) is 10.2. The first-order valence-corrected chi connectivity index (χ1v) is 8.25. The van der Waals surface area contributed by atoms with Gasteiger partial charge in [0.1, 0.15) is 0 Å². The van der Waals surface area contributed by atoms with Crippen LogP contribution < -0.4 is 5.56 Å². The second-order valence-corrected chi connectivity index (χ2v) is 6.26. The Morgan fingerprint density at radius 2 is 2.17 bits per heavy atom. The normalized spacial score (nSPS) is 18.6. The van der Waals surface area contributed by atoms with E-state index in [-0.39, 0.29) is 11.7 Å². The fourth-order valence-corrected chi connectivity index (χ4v) is 3.33. The smallest absolute Gasteiger partial charge is 0.251 e. The van der Waals surface area contributed by atoms with Crippen LogP contribution in [0, 0.1) is 24.7 Å². The quantitative estimate of drug-likeness (QED) is 0.864. The van der Waals surface area contributed by atoms with Gasteiger partial charge in [-0.1, -0.05) is 6.07 Å². The minimum atomic E-state index is -0.0121. The molecule has 1 fully saturated rings. The lowest BCUT2D eigenvalue weighted by molar-refractivity contribution is 0.0629. The zero-order valence-corrected chi connectivity index (χ0v) is 14.2. The Morgan fingerprint density at radius 1 is 1.33 bits per heavy atom. The van der Waals surface area contributed by atoms with E-state index < -0.39 is 0 Å². The van der Waals surface area contributed by atoms with E-state index in [0.717, 1.165) is 42.5 Å². The van der Waals surface area contributed by atoms with Crippen LogP contribution in [0.25, 0.3) is 10.9 Å². The van der Waals surface area contributed by atoms with Crippen LogP contribution in [-0.4, -0.2) is 42.3 Å². The Bertz CT molecular complexity index is 835. The van der Waals surface area contributed by atoms with Crippen molar-refractivity contribution < 1.29 is 4.74 Å². The van der Waals surface area contributed by atoms with E-state index in [1.165, 1.54) is 0 Å². The van der Waals surface area contributed by atoms with Crippen LogP contribution in [0.3, 0.4) is 0 Å². The van der Waals surface area contributed by atoms with Crippen molar-refractivity contribution >= 4 is 10.9 Å². The highest BCUT2D eigenvalue weighted by atomic mass is 16.5. The molecule has 1 aromatic carbocycles. The molecule has 5 heteroatoms. The Kier molecular flexibility index (Phi) is 4.98. The maximum absolute atomic E-state index is 12.5. The molecule has 1 aliphatic rings. The van der Waals surface area contributed by atoms with Crippen LogP contribution in [0.5, 0.6) is 0 Å². The van der Waals surface area contributed by atoms with Crippen LogP contribution >= 0.6 is 0 Å². The molecule has 0 unspecified atom stereocenters. The van der Waals surface area contributed by atoms with Crippen LogP contribution in [-0.2, 0) is 11.3 Å². The molecule has 24 heavy (non-hydrogen) atoms. The van der Waals surface area contributed by atoms with Crippen molar-refractivity contribution in [1.82, 2.24) is 9.47 Å². The number of hydrogen-bond donors (Lipinski definition) is 0. The third-order valence-electron chi connectivity index (χ3n) is 4.70. The van der Waals surface area contributed by atoms with Crippen molar-refractivity contribution in [3.05, 3.63) is 52.2 Å². The number of benzene rings is 1. The molecule has 5 nitrogen and oxygen atoms in total. The molecule has 0 saturated carbocycles. The van der Waals surface area contributed by atoms with Gasteiger partial charge < -0.3 is 9.30 Å². The van der Waals surface area contributed by atoms with Crippen LogP contribution in [0.15, 0.2) is 29.1 Å². The Hall–Kier alpha value is -2.16. The zero-order chi connectivity index (χ0) is 17.1. The van der Waals surface area contributed by atoms with Crippen LogP contribution in [0.2, 0.25) is 0 Å². The molecule has 0 amide bonds. The van der Waals surface area contributed by atoms with Gasteiger partial charge in [-0.15, -0.1) is 0 Å². The van der Waals surface area contributed by atoms with Gasteiger partial charge in [-0.2, -0.15) is 5.26 Å². The monoisotopic (exact) mass is 324 g/mol. The molecule has 125 valence electrons. The second-order valence-electron chi connectivity index (χ2n) is 6.26. The van der Waals surface area contributed by atoms with Gasteiger partial charge in [-0.05, 0) is 44.0 Å². The maximum Gasteiger partial charge on any atom is 0.251 e. The molecule has 0 N–H and O–H groups in total. The average Bonchev–Trinajstić information content (AvgIpc) is 2.61. The van der Waals surface area contributed by atoms with Crippen molar-refractivity contribution in [3.8, 4) is 6.07 Å². The van der Waals surface area contributed by atoms with Gasteiger partial charge in [0.2, 0.25) is 0 Å². The molecule has 0 spiro atoms. The number of ether oxygens (including phenoxy) is 1. The van der Waals surface area contributed by atoms with E-state index in [0.29, 0.717) is 12.1 Å². The highest BCUT2D eigenvalue weighted by molar-refractivity contribution is 5.83. The van der Waals surface area contributed by atoms with Crippen molar-refractivity contribution in [2.75, 3.05) is 26.7 Å². The average molecular weight is 324 g/mol. The maximum atomic E-state index is 12.5. The summed E-state index contributed by atoms with van der Waals surface area (Å²) in [7, 11) is 1.73. The van der Waals surface area contributed by atoms with E-state index in [2.05, 4.69) is 17.4 Å². The Morgan fingerprint density at radius 3 is 2.92 bits per heavy atom. The van der Waals surface area contributed by atoms with E-state index >= 15 is 0 Å². The summed E-state index contributed by atoms with van der Waals surface area (Å²) >= 11 is 0. The number of pyridine rings is 1. The molecule has 3 rings (SSSR count). The zero-order valence-electron chi connectivity index (χ0n) is 14.2. The van der Waals surface area contributed by atoms with Gasteiger partial charge in [0.15, 0.2) is 0 Å². The second kappa shape index (κ2) is 7.16. The highest BCUT2D eigenvalue weighted by Crippen LogP contribution is 2.18. The molecule has 1 radical (unpaired) electrons. The van der Waals surface area contributed by atoms with Gasteiger partial charge in [0.05, 0.1) is 23.3 Å². The Balaban J connectivity index is 1.88. The molecule has 1 aromatic heterocycles. The molecule has 1 atom stereocenters. The molecule has 2 heterocycles. The number of methoxy groups -OCH3 is 1. The lowest BCUT2D eigenvalue weighted by Gasteiger charge is -2.31. The number of likely N-dealkylation sites (tertiary alicyclic amines) is 1. The lowest BCUT2D eigenvalue weighted by atomic mass is 10.1. The topological polar surface area (TPSA) is 58.3 Å². The minimum Gasteiger partial charge on any atom is -0.380 e. The summed E-state index contributed by atoms with van der Waals surface area (Å²) in [6.45, 7) is 5.19. The fourth-order valence-electron chi connectivity index (χ4n) is 3.33. The number of aromatic nitrogens is 1. The molecule has 0 aliphatic carbocycles. The van der Waals surface area contributed by atoms with Crippen molar-refractivity contribution in [3.63, 3.8) is 0 Å². The minimum absolute atomic E-state index is 0.0121. The van der Waals surface area contributed by atoms with E-state index in [9.17, 15) is 4.79 Å². The van der Waals surface area contributed by atoms with Crippen LogP contribution in [0.4, 0.5) is 0 Å². The van der Waals surface area contributed by atoms with Crippen molar-refractivity contribution in [2.45, 2.75) is 26.0 Å². The number of aryl methyl sites for hydroxylation is 1. The first-order valence-electron chi connectivity index (χ1n) is 8.25. The number of piperidine rings is 1. The predicted molar refractivity (Wildman–Crippen MR) is 93.8 cm³/mol. The Labute approximate surface area is 142 Å². The molecule has 1 aliphatic heterocycles. The summed E-state index contributed by atoms with van der Waals surface area (Å²) in [6.07, 6.45) is 3.36. The summed E-state index contributed by atoms with van der Waals surface area (Å²) < 4.78 is 7.19. The number of rotatable bonds is 4. The van der Waals surface area contributed by atoms with Gasteiger partial charge in [-0.3, -0.25) is 9.69 Å². The fraction of sp³-hybridized carbons (Fsp3) is 0.421. The van der Waals surface area contributed by atoms with Gasteiger partial charge in [0.25, 0.3) is 5.56 Å². The highest BCUT2D eigenvalue weighted by Gasteiger charge is 2.19. The van der Waals surface area contributed by atoms with Crippen molar-refractivity contribution in [1.29, 1.82) is 5.26 Å². The summed E-state index contributed by atoms with van der Waals surface area (Å²) in [5.74, 6) is 0. The van der Waals surface area contributed by atoms with Gasteiger partial charge in [0, 0.05) is 38.2 Å². The third-order valence-corrected chi connectivity index (χ3v) is 4.70. The van der Waals surface area contributed by atoms with Gasteiger partial charge in [-0.25, -0.2) is 0 Å². The number of nitrogens with zero attached hydrogens (tertiary/aromatic N) is 3. The van der Waals surface area contributed by atoms with Crippen molar-refractivity contribution in [2.24, 2.45) is 0 Å². The molecule has 2 aromatic rings. The van der Waals surface area contributed by atoms with Crippen LogP contribution in [0.1, 0.15) is 17.5 Å². The summed E-state index contributed by atoms with van der Waals surface area (Å²) in [6, 6.07) is 9.37. The van der Waals surface area contributed by atoms with Gasteiger partial charge >= 0.3 is 0 Å². The standard InChI is InChI=1S/C19H22N3O2/c1-14-10-19(23)22(18-11-15(12-20)5-6-17(14)18)9-8-21-7-3-4-16(13-21)24-2/h4-6,10-11,16H,3,7-9,13H2,1-2H3/t16-/m0/s1. The number of fused-ring (bicyclic) bond motifs is 1. The number of hydrogen-bond acceptors (Lipinski definition) is 4. The summed E-state index contributed by atoms with van der Waals surface area (Å²) in [5.41, 5.74) is 2.35. The SMILES string of the molecule is CO[C@H]1[CH]CCN(CCn2c(=O)cc(C)c3ccc(C#N)cc32)C1. The van der Waals surface area contributed by atoms with E-state index in [4.69, 9.17) is 10.00 Å². The molecule has 1 saturated heterocycles. The first kappa shape index (κ1) is 16.7. The first-order chi connectivity index (χ1) is 11.6. The largest absolute Gasteiger partial charge is 0.380 e. The molecular weight excluding hydrogens is 302 g/mol. The lowest BCUT2D eigenvalue weighted by Crippen LogP contribution is -2.41. The number of nitriles is 1. The van der Waals surface area contributed by atoms with E-state index in [1.807, 2.05) is 19.1 Å². The molecular formula is C19H22N3O2. The predicted octanol–water partition coefficient (Wildman–Crippen LogP) is 2.11. The third kappa shape index (κ3) is 3.35. The molecule has 0 bridgehead atoms.